The van der Waals surface area contributed by atoms with Crippen molar-refractivity contribution in [2.45, 2.75) is 91.5 Å². The zero-order valence-electron chi connectivity index (χ0n) is 36.1. The maximum atomic E-state index is 14.4. The van der Waals surface area contributed by atoms with Crippen molar-refractivity contribution in [1.29, 1.82) is 0 Å². The lowest BCUT2D eigenvalue weighted by Gasteiger charge is -2.49. The number of thiazole rings is 1. The van der Waals surface area contributed by atoms with Gasteiger partial charge in [-0.25, -0.2) is 10.4 Å². The number of methoxy groups -OCH3 is 1. The summed E-state index contributed by atoms with van der Waals surface area (Å²) in [4.78, 5) is 57.0. The zero-order chi connectivity index (χ0) is 42.0. The molecule has 6 bridgehead atoms. The minimum absolute atomic E-state index is 0.0887. The summed E-state index contributed by atoms with van der Waals surface area (Å²) >= 11 is 1.51. The number of amides is 2. The third kappa shape index (κ3) is 7.73. The minimum Gasteiger partial charge on any atom is -0.464 e. The number of fused-ring (bicyclic) bond motifs is 8. The fourth-order valence-corrected chi connectivity index (χ4v) is 10.7. The summed E-state index contributed by atoms with van der Waals surface area (Å²) in [6.45, 7) is 15.9. The van der Waals surface area contributed by atoms with Crippen LogP contribution in [-0.4, -0.2) is 108 Å². The van der Waals surface area contributed by atoms with Gasteiger partial charge in [0.15, 0.2) is 0 Å². The molecular weight excluding hydrogens is 777 g/mol. The molecule has 5 aliphatic rings. The summed E-state index contributed by atoms with van der Waals surface area (Å²) in [6.07, 6.45) is 5.29. The number of rotatable bonds is 7. The number of hydrogen-bond acceptors (Lipinski definition) is 11. The number of anilines is 1. The van der Waals surface area contributed by atoms with Crippen LogP contribution in [0.3, 0.4) is 0 Å². The second kappa shape index (κ2) is 16.2. The summed E-state index contributed by atoms with van der Waals surface area (Å²) in [5.74, 6) is -0.199. The number of aromatic nitrogens is 3. The van der Waals surface area contributed by atoms with Crippen molar-refractivity contribution in [3.63, 3.8) is 0 Å². The number of esters is 1. The first-order chi connectivity index (χ1) is 28.8. The van der Waals surface area contributed by atoms with Crippen LogP contribution in [0.2, 0.25) is 0 Å². The van der Waals surface area contributed by atoms with Crippen LogP contribution in [0.4, 0.5) is 5.69 Å². The number of nitrogens with one attached hydrogen (secondary N) is 2. The van der Waals surface area contributed by atoms with E-state index >= 15 is 0 Å². The Morgan fingerprint density at radius 1 is 1.15 bits per heavy atom. The number of cyclic esters (lactones) is 1. The SMILES string of the molecule is CCn1c(-c2cc(N3CCN(C)CC3)cnc2[C@H](C)OC)c2c3cc(ccc31)-c1csc(n1)C[C@H](NC(=O)[C@H]1C[C@@H]1C)C(=O)N1C[C@@H]3CC[C@@H]3[C@H](N1)C(=O)OCC(C)(C)C2. The average Bonchev–Trinajstić information content (AvgIpc) is 3.65. The van der Waals surface area contributed by atoms with Crippen LogP contribution in [-0.2, 0) is 43.2 Å². The predicted molar refractivity (Wildman–Crippen MR) is 233 cm³/mol. The predicted octanol–water partition coefficient (Wildman–Crippen LogP) is 5.86. The van der Waals surface area contributed by atoms with Gasteiger partial charge >= 0.3 is 5.97 Å². The minimum atomic E-state index is -0.822. The fraction of sp³-hybridized carbons (Fsp3) is 0.587. The van der Waals surface area contributed by atoms with Crippen LogP contribution >= 0.6 is 11.3 Å². The Balaban J connectivity index is 1.18. The Morgan fingerprint density at radius 2 is 1.93 bits per heavy atom. The monoisotopic (exact) mass is 836 g/mol. The van der Waals surface area contributed by atoms with E-state index in [-0.39, 0.29) is 54.7 Å². The van der Waals surface area contributed by atoms with Crippen molar-refractivity contribution < 1.29 is 23.9 Å². The highest BCUT2D eigenvalue weighted by molar-refractivity contribution is 7.10. The quantitative estimate of drug-likeness (QED) is 0.218. The maximum Gasteiger partial charge on any atom is 0.325 e. The van der Waals surface area contributed by atoms with Crippen molar-refractivity contribution in [3.8, 4) is 22.5 Å². The smallest absolute Gasteiger partial charge is 0.325 e. The second-order valence-electron chi connectivity index (χ2n) is 18.8. The molecule has 2 amide bonds. The number of ether oxygens (including phenoxy) is 2. The lowest BCUT2D eigenvalue weighted by atomic mass is 9.68. The van der Waals surface area contributed by atoms with Crippen LogP contribution in [0, 0.1) is 29.1 Å². The number of benzene rings is 1. The number of piperazine rings is 1. The molecule has 2 saturated carbocycles. The third-order valence-electron chi connectivity index (χ3n) is 13.9. The topological polar surface area (TPSA) is 134 Å². The Kier molecular flexibility index (Phi) is 11.0. The summed E-state index contributed by atoms with van der Waals surface area (Å²) in [6, 6.07) is 7.41. The van der Waals surface area contributed by atoms with Gasteiger partial charge in [-0.15, -0.1) is 11.3 Å². The molecule has 320 valence electrons. The molecule has 4 fully saturated rings. The lowest BCUT2D eigenvalue weighted by molar-refractivity contribution is -0.165. The molecule has 14 heteroatoms. The van der Waals surface area contributed by atoms with Gasteiger partial charge in [-0.3, -0.25) is 24.4 Å². The van der Waals surface area contributed by atoms with Gasteiger partial charge in [-0.05, 0) is 88.1 Å². The van der Waals surface area contributed by atoms with Gasteiger partial charge in [-0.2, -0.15) is 0 Å². The van der Waals surface area contributed by atoms with Crippen molar-refractivity contribution in [1.82, 2.24) is 35.2 Å². The van der Waals surface area contributed by atoms with E-state index in [1.165, 1.54) is 11.3 Å². The fourth-order valence-electron chi connectivity index (χ4n) is 9.87. The van der Waals surface area contributed by atoms with Crippen molar-refractivity contribution in [2.24, 2.45) is 29.1 Å². The maximum absolute atomic E-state index is 14.4. The van der Waals surface area contributed by atoms with Crippen molar-refractivity contribution >= 4 is 45.7 Å². The zero-order valence-corrected chi connectivity index (χ0v) is 36.9. The van der Waals surface area contributed by atoms with Gasteiger partial charge in [-0.1, -0.05) is 26.8 Å². The molecule has 0 spiro atoms. The van der Waals surface area contributed by atoms with Crippen LogP contribution in [0.15, 0.2) is 35.8 Å². The molecule has 2 saturated heterocycles. The largest absolute Gasteiger partial charge is 0.464 e. The number of carbonyl (C=O) groups excluding carboxylic acids is 3. The van der Waals surface area contributed by atoms with E-state index in [1.54, 1.807) is 12.1 Å². The highest BCUT2D eigenvalue weighted by Gasteiger charge is 2.49. The molecule has 3 aliphatic heterocycles. The van der Waals surface area contributed by atoms with Crippen LogP contribution in [0.5, 0.6) is 0 Å². The van der Waals surface area contributed by atoms with Crippen LogP contribution in [0.25, 0.3) is 33.4 Å². The average molecular weight is 837 g/mol. The van der Waals surface area contributed by atoms with Gasteiger partial charge in [0.1, 0.15) is 12.1 Å². The number of hydrogen-bond donors (Lipinski definition) is 2. The molecular formula is C46H60N8O5S. The Bertz CT molecular complexity index is 2300. The summed E-state index contributed by atoms with van der Waals surface area (Å²) in [5.41, 5.74) is 11.0. The van der Waals surface area contributed by atoms with Gasteiger partial charge < -0.3 is 29.2 Å². The number of carbonyl (C=O) groups is 3. The van der Waals surface area contributed by atoms with Crippen molar-refractivity contribution in [3.05, 3.63) is 52.1 Å². The van der Waals surface area contributed by atoms with Crippen molar-refractivity contribution in [2.75, 3.05) is 58.4 Å². The molecule has 6 heterocycles. The number of aryl methyl sites for hydroxylation is 1. The van der Waals surface area contributed by atoms with E-state index in [0.717, 1.165) is 107 Å². The Morgan fingerprint density at radius 3 is 2.63 bits per heavy atom. The van der Waals surface area contributed by atoms with E-state index in [0.29, 0.717) is 18.9 Å². The standard InChI is InChI=1S/C46H60N8O5S/c1-8-53-38-12-10-28-18-33(38)35(42(53)34-19-30(22-47-40(34)27(3)58-7)52-15-13-51(6)14-16-52)21-46(4,5)25-59-45(57)41-31-11-9-29(31)23-54(50-41)44(56)36(20-39-48-37(28)24-60-39)49-43(55)32-17-26(32)2/h10,12,18-19,22,24,26-27,29,31-32,36,41,50H,8-9,11,13-17,20-21,23,25H2,1-7H3,(H,49,55)/t26-,27-,29-,31-,32-,36-,41-/m0/s1. The normalized spacial score (nSPS) is 27.4. The summed E-state index contributed by atoms with van der Waals surface area (Å²) < 4.78 is 14.7. The van der Waals surface area contributed by atoms with E-state index in [9.17, 15) is 14.4 Å². The van der Waals surface area contributed by atoms with Crippen LogP contribution < -0.4 is 15.6 Å². The van der Waals surface area contributed by atoms with E-state index in [2.05, 4.69) is 96.4 Å². The molecule has 4 aromatic rings. The van der Waals surface area contributed by atoms with E-state index in [4.69, 9.17) is 19.4 Å². The van der Waals surface area contributed by atoms with E-state index in [1.807, 2.05) is 6.20 Å². The highest BCUT2D eigenvalue weighted by Crippen LogP contribution is 2.44. The molecule has 2 aliphatic carbocycles. The molecule has 0 unspecified atom stereocenters. The number of pyridine rings is 1. The van der Waals surface area contributed by atoms with E-state index < -0.39 is 17.5 Å². The van der Waals surface area contributed by atoms with Gasteiger partial charge in [0.25, 0.3) is 5.91 Å². The highest BCUT2D eigenvalue weighted by atomic mass is 32.1. The first kappa shape index (κ1) is 41.0. The molecule has 2 N–H and O–H groups in total. The molecule has 7 atom stereocenters. The third-order valence-corrected chi connectivity index (χ3v) is 14.8. The first-order valence-electron chi connectivity index (χ1n) is 21.9. The molecule has 60 heavy (non-hydrogen) atoms. The molecule has 1 aromatic carbocycles. The number of likely N-dealkylation sites (N-methyl/N-ethyl adjacent to an activating group) is 1. The Hall–Kier alpha value is -4.37. The first-order valence-corrected chi connectivity index (χ1v) is 22.8. The second-order valence-corrected chi connectivity index (χ2v) is 19.8. The number of hydrazine groups is 1. The van der Waals surface area contributed by atoms with Crippen LogP contribution in [0.1, 0.15) is 76.3 Å². The molecule has 3 aromatic heterocycles. The number of nitrogens with zero attached hydrogens (tertiary/aromatic N) is 6. The van der Waals surface area contributed by atoms with Gasteiger partial charge in [0.2, 0.25) is 5.91 Å². The lowest BCUT2D eigenvalue weighted by Crippen LogP contribution is -2.67. The molecule has 13 nitrogen and oxygen atoms in total. The van der Waals surface area contributed by atoms with Gasteiger partial charge in [0, 0.05) is 91.5 Å². The molecule has 0 radical (unpaired) electrons. The Labute approximate surface area is 357 Å². The van der Waals surface area contributed by atoms with Gasteiger partial charge in [0.05, 0.1) is 46.7 Å². The summed E-state index contributed by atoms with van der Waals surface area (Å²) in [5, 5.41) is 8.62. The summed E-state index contributed by atoms with van der Waals surface area (Å²) in [7, 11) is 3.90. The molecule has 9 rings (SSSR count).